The van der Waals surface area contributed by atoms with Crippen molar-refractivity contribution in [3.8, 4) is 11.5 Å². The minimum absolute atomic E-state index is 0.166. The van der Waals surface area contributed by atoms with Crippen LogP contribution in [0.25, 0.3) is 0 Å². The van der Waals surface area contributed by atoms with E-state index < -0.39 is 5.91 Å². The number of methoxy groups -OCH3 is 1. The van der Waals surface area contributed by atoms with Gasteiger partial charge in [0.1, 0.15) is 0 Å². The van der Waals surface area contributed by atoms with Crippen LogP contribution < -0.4 is 15.2 Å². The molecule has 1 atom stereocenters. The molecule has 28 heavy (non-hydrogen) atoms. The summed E-state index contributed by atoms with van der Waals surface area (Å²) in [5, 5.41) is 0.764. The largest absolute Gasteiger partial charge is 0.493 e. The number of rotatable bonds is 7. The number of hydrogen-bond acceptors (Lipinski definition) is 4. The number of likely N-dealkylation sites (tertiary alicyclic amines) is 1. The van der Waals surface area contributed by atoms with Crippen LogP contribution in [0.4, 0.5) is 0 Å². The molecule has 3 rings (SSSR count). The Morgan fingerprint density at radius 2 is 1.93 bits per heavy atom. The maximum absolute atomic E-state index is 11.0. The van der Waals surface area contributed by atoms with Crippen LogP contribution >= 0.6 is 11.6 Å². The van der Waals surface area contributed by atoms with Crippen LogP contribution in [0.5, 0.6) is 11.5 Å². The number of carbonyl (C=O) groups is 1. The van der Waals surface area contributed by atoms with Gasteiger partial charge in [0.25, 0.3) is 5.91 Å². The van der Waals surface area contributed by atoms with Gasteiger partial charge in [0.05, 0.1) is 7.11 Å². The fraction of sp³-hybridized carbons (Fsp3) is 0.409. The maximum Gasteiger partial charge on any atom is 0.255 e. The molecule has 1 heterocycles. The summed E-state index contributed by atoms with van der Waals surface area (Å²) < 4.78 is 10.9. The van der Waals surface area contributed by atoms with Crippen molar-refractivity contribution in [1.82, 2.24) is 4.90 Å². The number of ether oxygens (including phenoxy) is 2. The summed E-state index contributed by atoms with van der Waals surface area (Å²) in [5.41, 5.74) is 7.61. The highest BCUT2D eigenvalue weighted by atomic mass is 35.5. The molecule has 150 valence electrons. The summed E-state index contributed by atoms with van der Waals surface area (Å²) in [4.78, 5) is 13.5. The fourth-order valence-corrected chi connectivity index (χ4v) is 3.86. The molecule has 0 aliphatic carbocycles. The fourth-order valence-electron chi connectivity index (χ4n) is 3.73. The monoisotopic (exact) mass is 402 g/mol. The van der Waals surface area contributed by atoms with Crippen molar-refractivity contribution < 1.29 is 14.3 Å². The highest BCUT2D eigenvalue weighted by Gasteiger charge is 2.23. The van der Waals surface area contributed by atoms with Gasteiger partial charge in [0, 0.05) is 17.6 Å². The first-order chi connectivity index (χ1) is 13.6. The van der Waals surface area contributed by atoms with Crippen molar-refractivity contribution >= 4 is 17.5 Å². The van der Waals surface area contributed by atoms with Gasteiger partial charge >= 0.3 is 0 Å². The molecule has 0 saturated carbocycles. The molecule has 6 heteroatoms. The van der Waals surface area contributed by atoms with E-state index in [9.17, 15) is 4.79 Å². The molecule has 2 N–H and O–H groups in total. The van der Waals surface area contributed by atoms with Gasteiger partial charge in [-0.15, -0.1) is 0 Å². The number of primary amides is 1. The highest BCUT2D eigenvalue weighted by molar-refractivity contribution is 6.30. The second kappa shape index (κ2) is 9.80. The molecule has 5 nitrogen and oxygen atoms in total. The summed E-state index contributed by atoms with van der Waals surface area (Å²) in [5.74, 6) is 0.619. The molecule has 1 saturated heterocycles. The Labute approximate surface area is 171 Å². The molecule has 2 aromatic carbocycles. The van der Waals surface area contributed by atoms with E-state index in [4.69, 9.17) is 26.8 Å². The van der Waals surface area contributed by atoms with Gasteiger partial charge in [-0.3, -0.25) is 9.69 Å². The molecule has 0 radical (unpaired) electrons. The van der Waals surface area contributed by atoms with Gasteiger partial charge in [0.2, 0.25) is 0 Å². The van der Waals surface area contributed by atoms with E-state index in [1.54, 1.807) is 7.11 Å². The SMILES string of the molecule is COc1cc(CN2CCCCCC2c2ccc(Cl)cc2)ccc1OCC(N)=O. The lowest BCUT2D eigenvalue weighted by molar-refractivity contribution is -0.119. The zero-order valence-electron chi connectivity index (χ0n) is 16.2. The first-order valence-corrected chi connectivity index (χ1v) is 10.0. The van der Waals surface area contributed by atoms with Crippen molar-refractivity contribution in [2.24, 2.45) is 5.73 Å². The molecule has 2 aromatic rings. The Kier molecular flexibility index (Phi) is 7.18. The molecule has 0 spiro atoms. The van der Waals surface area contributed by atoms with Gasteiger partial charge in [-0.2, -0.15) is 0 Å². The normalized spacial score (nSPS) is 17.7. The molecule has 0 aromatic heterocycles. The number of nitrogens with zero attached hydrogens (tertiary/aromatic N) is 1. The van der Waals surface area contributed by atoms with Crippen LogP contribution in [0.1, 0.15) is 42.9 Å². The molecule has 1 aliphatic heterocycles. The van der Waals surface area contributed by atoms with Gasteiger partial charge in [-0.25, -0.2) is 0 Å². The van der Waals surface area contributed by atoms with Gasteiger partial charge in [0.15, 0.2) is 18.1 Å². The summed E-state index contributed by atoms with van der Waals surface area (Å²) >= 11 is 6.07. The van der Waals surface area contributed by atoms with Crippen molar-refractivity contribution in [1.29, 1.82) is 0 Å². The van der Waals surface area contributed by atoms with E-state index >= 15 is 0 Å². The lowest BCUT2D eigenvalue weighted by Crippen LogP contribution is -2.28. The number of nitrogens with two attached hydrogens (primary N) is 1. The highest BCUT2D eigenvalue weighted by Crippen LogP contribution is 2.34. The van der Waals surface area contributed by atoms with Gasteiger partial charge in [-0.05, 0) is 54.8 Å². The van der Waals surface area contributed by atoms with Crippen LogP contribution in [-0.4, -0.2) is 31.1 Å². The summed E-state index contributed by atoms with van der Waals surface area (Å²) in [7, 11) is 1.60. The van der Waals surface area contributed by atoms with Crippen LogP contribution in [0.3, 0.4) is 0 Å². The lowest BCUT2D eigenvalue weighted by atomic mass is 10.0. The Balaban J connectivity index is 1.78. The quantitative estimate of drug-likeness (QED) is 0.748. The third kappa shape index (κ3) is 5.40. The standard InChI is InChI=1S/C22H27ClN2O3/c1-27-21-13-16(6-11-20(21)28-15-22(24)26)14-25-12-4-2-3-5-19(25)17-7-9-18(23)10-8-17/h6-11,13,19H,2-5,12,14-15H2,1H3,(H2,24,26). The van der Waals surface area contributed by atoms with E-state index in [0.717, 1.165) is 30.1 Å². The zero-order valence-corrected chi connectivity index (χ0v) is 17.0. The minimum atomic E-state index is -0.512. The van der Waals surface area contributed by atoms with E-state index in [1.807, 2.05) is 30.3 Å². The number of carbonyl (C=O) groups excluding carboxylic acids is 1. The van der Waals surface area contributed by atoms with Gasteiger partial charge < -0.3 is 15.2 Å². The van der Waals surface area contributed by atoms with E-state index in [1.165, 1.54) is 24.8 Å². The van der Waals surface area contributed by atoms with E-state index in [0.29, 0.717) is 17.5 Å². The third-order valence-electron chi connectivity index (χ3n) is 5.10. The van der Waals surface area contributed by atoms with E-state index in [-0.39, 0.29) is 6.61 Å². The van der Waals surface area contributed by atoms with Crippen molar-refractivity contribution in [2.75, 3.05) is 20.3 Å². The van der Waals surface area contributed by atoms with Crippen molar-refractivity contribution in [3.63, 3.8) is 0 Å². The lowest BCUT2D eigenvalue weighted by Gasteiger charge is -2.30. The Morgan fingerprint density at radius 3 is 2.64 bits per heavy atom. The summed E-state index contributed by atoms with van der Waals surface area (Å²) in [6, 6.07) is 14.4. The first-order valence-electron chi connectivity index (χ1n) is 9.64. The predicted octanol–water partition coefficient (Wildman–Crippen LogP) is 4.33. The number of hydrogen-bond donors (Lipinski definition) is 1. The second-order valence-corrected chi connectivity index (χ2v) is 7.56. The average Bonchev–Trinajstić information content (AvgIpc) is 2.93. The summed E-state index contributed by atoms with van der Waals surface area (Å²) in [6.07, 6.45) is 4.82. The number of benzene rings is 2. The van der Waals surface area contributed by atoms with Crippen LogP contribution in [0.15, 0.2) is 42.5 Å². The van der Waals surface area contributed by atoms with Crippen molar-refractivity contribution in [2.45, 2.75) is 38.3 Å². The molecule has 1 unspecified atom stereocenters. The Bertz CT molecular complexity index is 795. The number of halogens is 1. The van der Waals surface area contributed by atoms with E-state index in [2.05, 4.69) is 17.0 Å². The summed E-state index contributed by atoms with van der Waals surface area (Å²) in [6.45, 7) is 1.70. The minimum Gasteiger partial charge on any atom is -0.493 e. The van der Waals surface area contributed by atoms with Gasteiger partial charge in [-0.1, -0.05) is 42.6 Å². The third-order valence-corrected chi connectivity index (χ3v) is 5.35. The smallest absolute Gasteiger partial charge is 0.255 e. The Hall–Kier alpha value is -2.24. The molecular weight excluding hydrogens is 376 g/mol. The van der Waals surface area contributed by atoms with Crippen LogP contribution in [0, 0.1) is 0 Å². The first kappa shape index (κ1) is 20.5. The predicted molar refractivity (Wildman–Crippen MR) is 111 cm³/mol. The molecule has 0 bridgehead atoms. The molecule has 1 amide bonds. The zero-order chi connectivity index (χ0) is 19.9. The van der Waals surface area contributed by atoms with Crippen molar-refractivity contribution in [3.05, 3.63) is 58.6 Å². The van der Waals surface area contributed by atoms with Crippen LogP contribution in [0.2, 0.25) is 5.02 Å². The average molecular weight is 403 g/mol. The second-order valence-electron chi connectivity index (χ2n) is 7.13. The molecular formula is C22H27ClN2O3. The Morgan fingerprint density at radius 1 is 1.14 bits per heavy atom. The topological polar surface area (TPSA) is 64.8 Å². The maximum atomic E-state index is 11.0. The number of amides is 1. The van der Waals surface area contributed by atoms with Crippen LogP contribution in [-0.2, 0) is 11.3 Å². The molecule has 1 fully saturated rings. The molecule has 1 aliphatic rings.